The maximum atomic E-state index is 12.0. The molecule has 1 aliphatic carbocycles. The van der Waals surface area contributed by atoms with Crippen LogP contribution in [0.4, 0.5) is 0 Å². The lowest BCUT2D eigenvalue weighted by molar-refractivity contribution is -0.122. The number of hydrogen-bond acceptors (Lipinski definition) is 3. The molecule has 2 aliphatic rings. The third kappa shape index (κ3) is 3.73. The first-order valence-corrected chi connectivity index (χ1v) is 8.86. The highest BCUT2D eigenvalue weighted by molar-refractivity contribution is 5.81. The van der Waals surface area contributed by atoms with Crippen LogP contribution in [0.15, 0.2) is 18.2 Å². The van der Waals surface area contributed by atoms with Crippen LogP contribution in [0.1, 0.15) is 49.8 Å². The van der Waals surface area contributed by atoms with Crippen LogP contribution in [-0.4, -0.2) is 24.2 Å². The molecule has 1 aromatic carbocycles. The van der Waals surface area contributed by atoms with E-state index in [1.807, 2.05) is 18.2 Å². The monoisotopic (exact) mass is 327 g/mol. The maximum Gasteiger partial charge on any atom is 0.224 e. The number of ether oxygens (including phenoxy) is 1. The topological polar surface area (TPSA) is 58.6 Å². The van der Waals surface area contributed by atoms with Gasteiger partial charge < -0.3 is 15.2 Å². The molecule has 1 saturated heterocycles. The number of fused-ring (bicyclic) bond motifs is 1. The summed E-state index contributed by atoms with van der Waals surface area (Å²) in [6.07, 6.45) is 3.89. The number of aliphatic hydroxyl groups is 1. The summed E-state index contributed by atoms with van der Waals surface area (Å²) in [4.78, 5) is 12.0. The van der Waals surface area contributed by atoms with E-state index in [4.69, 9.17) is 4.74 Å². The van der Waals surface area contributed by atoms with Crippen molar-refractivity contribution in [1.29, 1.82) is 0 Å². The van der Waals surface area contributed by atoms with E-state index in [1.165, 1.54) is 5.56 Å². The van der Waals surface area contributed by atoms with Crippen molar-refractivity contribution in [2.75, 3.05) is 13.2 Å². The van der Waals surface area contributed by atoms with Gasteiger partial charge in [-0.15, -0.1) is 11.8 Å². The zero-order valence-corrected chi connectivity index (χ0v) is 14.2. The van der Waals surface area contributed by atoms with Crippen LogP contribution in [0.5, 0.6) is 5.75 Å². The number of amides is 1. The van der Waals surface area contributed by atoms with Crippen molar-refractivity contribution in [3.63, 3.8) is 0 Å². The SMILES string of the molecule is CCCC#CC[C@H]1C(=O)NC[C@@H]1COc1ccc2c(c1)CCC2O. The van der Waals surface area contributed by atoms with E-state index in [-0.39, 0.29) is 23.8 Å². The molecular formula is C20H25NO3. The average molecular weight is 327 g/mol. The highest BCUT2D eigenvalue weighted by Crippen LogP contribution is 2.33. The molecule has 128 valence electrons. The summed E-state index contributed by atoms with van der Waals surface area (Å²) in [5.41, 5.74) is 2.19. The Morgan fingerprint density at radius 3 is 3.08 bits per heavy atom. The Morgan fingerprint density at radius 1 is 1.38 bits per heavy atom. The van der Waals surface area contributed by atoms with Gasteiger partial charge in [-0.3, -0.25) is 4.79 Å². The predicted molar refractivity (Wildman–Crippen MR) is 92.5 cm³/mol. The minimum absolute atomic E-state index is 0.0781. The van der Waals surface area contributed by atoms with E-state index in [2.05, 4.69) is 24.1 Å². The molecule has 1 heterocycles. The first-order valence-electron chi connectivity index (χ1n) is 8.86. The van der Waals surface area contributed by atoms with E-state index < -0.39 is 0 Å². The van der Waals surface area contributed by atoms with Gasteiger partial charge in [0.15, 0.2) is 0 Å². The average Bonchev–Trinajstić information content (AvgIpc) is 3.13. The van der Waals surface area contributed by atoms with E-state index in [9.17, 15) is 9.90 Å². The van der Waals surface area contributed by atoms with Crippen LogP contribution in [-0.2, 0) is 11.2 Å². The van der Waals surface area contributed by atoms with E-state index in [1.54, 1.807) is 0 Å². The normalized spacial score (nSPS) is 24.9. The molecule has 0 spiro atoms. The van der Waals surface area contributed by atoms with Crippen LogP contribution in [0.2, 0.25) is 0 Å². The fraction of sp³-hybridized carbons (Fsp3) is 0.550. The standard InChI is InChI=1S/C20H25NO3/c1-2-3-4-5-6-18-15(12-21-20(18)23)13-24-16-8-9-17-14(11-16)7-10-19(17)22/h8-9,11,15,18-19,22H,2-3,6-7,10,12-13H2,1H3,(H,21,23)/t15-,18-,19?/m1/s1. The predicted octanol–water partition coefficient (Wildman–Crippen LogP) is 2.60. The number of nitrogens with one attached hydrogen (secondary N) is 1. The van der Waals surface area contributed by atoms with Gasteiger partial charge in [0.05, 0.1) is 18.6 Å². The van der Waals surface area contributed by atoms with Crippen molar-refractivity contribution < 1.29 is 14.6 Å². The molecule has 3 rings (SSSR count). The smallest absolute Gasteiger partial charge is 0.224 e. The number of rotatable bonds is 5. The van der Waals surface area contributed by atoms with Gasteiger partial charge in [0.25, 0.3) is 0 Å². The van der Waals surface area contributed by atoms with Gasteiger partial charge in [-0.1, -0.05) is 13.0 Å². The zero-order valence-electron chi connectivity index (χ0n) is 14.2. The Morgan fingerprint density at radius 2 is 2.25 bits per heavy atom. The Kier molecular flexibility index (Phi) is 5.42. The number of aliphatic hydroxyl groups excluding tert-OH is 1. The van der Waals surface area contributed by atoms with Crippen molar-refractivity contribution in [2.24, 2.45) is 11.8 Å². The Labute approximate surface area is 143 Å². The summed E-state index contributed by atoms with van der Waals surface area (Å²) >= 11 is 0. The van der Waals surface area contributed by atoms with Gasteiger partial charge in [-0.2, -0.15) is 0 Å². The van der Waals surface area contributed by atoms with Gasteiger partial charge in [0.2, 0.25) is 5.91 Å². The van der Waals surface area contributed by atoms with Crippen molar-refractivity contribution in [3.8, 4) is 17.6 Å². The molecule has 2 N–H and O–H groups in total. The summed E-state index contributed by atoms with van der Waals surface area (Å²) in [7, 11) is 0. The van der Waals surface area contributed by atoms with Gasteiger partial charge >= 0.3 is 0 Å². The summed E-state index contributed by atoms with van der Waals surface area (Å²) < 4.78 is 5.93. The fourth-order valence-electron chi connectivity index (χ4n) is 3.41. The maximum absolute atomic E-state index is 12.0. The number of carbonyl (C=O) groups is 1. The number of benzene rings is 1. The molecule has 1 unspecified atom stereocenters. The lowest BCUT2D eigenvalue weighted by atomic mass is 9.93. The first kappa shape index (κ1) is 16.9. The molecule has 3 atom stereocenters. The van der Waals surface area contributed by atoms with Crippen LogP contribution < -0.4 is 10.1 Å². The van der Waals surface area contributed by atoms with Gasteiger partial charge in [0.1, 0.15) is 5.75 Å². The molecule has 24 heavy (non-hydrogen) atoms. The minimum atomic E-state index is -0.336. The van der Waals surface area contributed by atoms with Crippen LogP contribution >= 0.6 is 0 Å². The van der Waals surface area contributed by atoms with E-state index in [0.29, 0.717) is 19.6 Å². The molecular weight excluding hydrogens is 302 g/mol. The van der Waals surface area contributed by atoms with Gasteiger partial charge in [-0.25, -0.2) is 0 Å². The molecule has 1 amide bonds. The number of aryl methyl sites for hydroxylation is 1. The molecule has 1 aliphatic heterocycles. The molecule has 0 aromatic heterocycles. The number of carbonyl (C=O) groups excluding carboxylic acids is 1. The summed E-state index contributed by atoms with van der Waals surface area (Å²) in [5, 5.41) is 12.8. The number of unbranched alkanes of at least 4 members (excludes halogenated alkanes) is 1. The Bertz CT molecular complexity index is 659. The number of hydrogen-bond donors (Lipinski definition) is 2. The van der Waals surface area contributed by atoms with Crippen molar-refractivity contribution in [1.82, 2.24) is 5.32 Å². The van der Waals surface area contributed by atoms with Crippen molar-refractivity contribution in [3.05, 3.63) is 29.3 Å². The third-order valence-electron chi connectivity index (χ3n) is 4.89. The minimum Gasteiger partial charge on any atom is -0.493 e. The summed E-state index contributed by atoms with van der Waals surface area (Å²) in [6.45, 7) is 3.27. The van der Waals surface area contributed by atoms with Crippen LogP contribution in [0, 0.1) is 23.7 Å². The molecule has 4 heteroatoms. The Balaban J connectivity index is 1.57. The lowest BCUT2D eigenvalue weighted by Gasteiger charge is -2.16. The van der Waals surface area contributed by atoms with E-state index >= 15 is 0 Å². The van der Waals surface area contributed by atoms with Gasteiger partial charge in [0, 0.05) is 25.3 Å². The van der Waals surface area contributed by atoms with Crippen molar-refractivity contribution in [2.45, 2.75) is 45.1 Å². The molecule has 0 bridgehead atoms. The van der Waals surface area contributed by atoms with Crippen molar-refractivity contribution >= 4 is 5.91 Å². The van der Waals surface area contributed by atoms with Crippen LogP contribution in [0.3, 0.4) is 0 Å². The molecule has 1 aromatic rings. The first-order chi connectivity index (χ1) is 11.7. The highest BCUT2D eigenvalue weighted by atomic mass is 16.5. The summed E-state index contributed by atoms with van der Waals surface area (Å²) in [5.74, 6) is 7.23. The summed E-state index contributed by atoms with van der Waals surface area (Å²) in [6, 6.07) is 5.88. The van der Waals surface area contributed by atoms with Gasteiger partial charge in [-0.05, 0) is 42.5 Å². The van der Waals surface area contributed by atoms with Crippen LogP contribution in [0.25, 0.3) is 0 Å². The zero-order chi connectivity index (χ0) is 16.9. The highest BCUT2D eigenvalue weighted by Gasteiger charge is 2.34. The molecule has 1 fully saturated rings. The second-order valence-electron chi connectivity index (χ2n) is 6.65. The third-order valence-corrected chi connectivity index (χ3v) is 4.89. The Hall–Kier alpha value is -1.99. The molecule has 4 nitrogen and oxygen atoms in total. The molecule has 0 saturated carbocycles. The fourth-order valence-corrected chi connectivity index (χ4v) is 3.41. The second-order valence-corrected chi connectivity index (χ2v) is 6.65. The molecule has 0 radical (unpaired) electrons. The largest absolute Gasteiger partial charge is 0.493 e. The quantitative estimate of drug-likeness (QED) is 0.817. The lowest BCUT2D eigenvalue weighted by Crippen LogP contribution is -2.22. The second kappa shape index (κ2) is 7.72. The van der Waals surface area contributed by atoms with E-state index in [0.717, 1.165) is 37.0 Å².